The van der Waals surface area contributed by atoms with Gasteiger partial charge in [0.15, 0.2) is 0 Å². The summed E-state index contributed by atoms with van der Waals surface area (Å²) in [6.45, 7) is 0. The number of terminal acetylenes is 1. The predicted octanol–water partition coefficient (Wildman–Crippen LogP) is 2.34. The van der Waals surface area contributed by atoms with E-state index in [9.17, 15) is 8.68 Å². The number of halogens is 1. The van der Waals surface area contributed by atoms with Crippen LogP contribution in [0, 0.1) is 12.3 Å². The Balaban J connectivity index is 3.24. The van der Waals surface area contributed by atoms with E-state index in [1.54, 1.807) is 0 Å². The number of hydrogen-bond donors (Lipinski definition) is 1. The zero-order valence-electron chi connectivity index (χ0n) is 6.45. The van der Waals surface area contributed by atoms with Crippen LogP contribution in [0.5, 0.6) is 0 Å². The van der Waals surface area contributed by atoms with Crippen LogP contribution in [0.25, 0.3) is 0 Å². The first kappa shape index (κ1) is 9.62. The fourth-order valence-electron chi connectivity index (χ4n) is 0.850. The number of rotatable bonds is 2. The van der Waals surface area contributed by atoms with E-state index in [1.165, 1.54) is 18.2 Å². The first-order valence-electron chi connectivity index (χ1n) is 3.31. The van der Waals surface area contributed by atoms with Gasteiger partial charge in [-0.3, -0.25) is 0 Å². The van der Waals surface area contributed by atoms with Crippen molar-refractivity contribution in [1.82, 2.24) is 0 Å². The fraction of sp³-hybridized carbons (Fsp3) is 0. The fourth-order valence-corrected chi connectivity index (χ4v) is 1.19. The number of aromatic carboxylic acids is 1. The SMILES string of the molecule is C#Cc1cc(SF)cc(C(=O)O)c1. The van der Waals surface area contributed by atoms with Crippen LogP contribution in [-0.4, -0.2) is 11.1 Å². The average Bonchev–Trinajstić information content (AvgIpc) is 2.16. The van der Waals surface area contributed by atoms with Gasteiger partial charge in [-0.25, -0.2) is 4.79 Å². The van der Waals surface area contributed by atoms with Crippen molar-refractivity contribution < 1.29 is 13.8 Å². The quantitative estimate of drug-likeness (QED) is 0.737. The molecule has 13 heavy (non-hydrogen) atoms. The van der Waals surface area contributed by atoms with Gasteiger partial charge in [0.05, 0.1) is 17.7 Å². The number of carboxylic acid groups (broad SMARTS) is 1. The molecule has 0 spiro atoms. The minimum atomic E-state index is -1.12. The van der Waals surface area contributed by atoms with Crippen LogP contribution in [-0.2, 0) is 0 Å². The highest BCUT2D eigenvalue weighted by Gasteiger charge is 2.06. The minimum absolute atomic E-state index is 0.00407. The molecule has 0 aromatic heterocycles. The van der Waals surface area contributed by atoms with Gasteiger partial charge in [-0.05, 0) is 18.2 Å². The molecule has 0 saturated heterocycles. The summed E-state index contributed by atoms with van der Waals surface area (Å²) in [7, 11) is 0. The Kier molecular flexibility index (Phi) is 2.93. The minimum Gasteiger partial charge on any atom is -0.478 e. The molecule has 2 nitrogen and oxygen atoms in total. The Morgan fingerprint density at radius 3 is 2.69 bits per heavy atom. The molecule has 0 radical (unpaired) electrons. The summed E-state index contributed by atoms with van der Waals surface area (Å²) in [5.41, 5.74) is 0.357. The van der Waals surface area contributed by atoms with Crippen LogP contribution in [0.3, 0.4) is 0 Å². The highest BCUT2D eigenvalue weighted by molar-refractivity contribution is 7.94. The topological polar surface area (TPSA) is 37.3 Å². The molecule has 0 unspecified atom stereocenters. The molecule has 0 aliphatic carbocycles. The van der Waals surface area contributed by atoms with Crippen molar-refractivity contribution in [3.05, 3.63) is 29.3 Å². The molecule has 4 heteroatoms. The van der Waals surface area contributed by atoms with Crippen LogP contribution in [0.2, 0.25) is 0 Å². The summed E-state index contributed by atoms with van der Waals surface area (Å²) in [5, 5.41) is 8.62. The Labute approximate surface area is 79.1 Å². The van der Waals surface area contributed by atoms with Gasteiger partial charge in [0, 0.05) is 10.5 Å². The molecule has 1 aromatic rings. The van der Waals surface area contributed by atoms with Crippen molar-refractivity contribution in [2.75, 3.05) is 0 Å². The third-order valence-corrected chi connectivity index (χ3v) is 1.82. The third-order valence-electron chi connectivity index (χ3n) is 1.41. The van der Waals surface area contributed by atoms with Crippen molar-refractivity contribution in [2.24, 2.45) is 0 Å². The maximum Gasteiger partial charge on any atom is 0.335 e. The Hall–Kier alpha value is -1.47. The molecule has 0 aliphatic heterocycles. The van der Waals surface area contributed by atoms with Gasteiger partial charge in [-0.15, -0.1) is 6.42 Å². The van der Waals surface area contributed by atoms with Gasteiger partial charge in [-0.2, -0.15) is 3.89 Å². The molecule has 0 amide bonds. The van der Waals surface area contributed by atoms with Crippen molar-refractivity contribution in [2.45, 2.75) is 4.90 Å². The van der Waals surface area contributed by atoms with Crippen molar-refractivity contribution in [3.63, 3.8) is 0 Å². The second kappa shape index (κ2) is 3.97. The lowest BCUT2D eigenvalue weighted by molar-refractivity contribution is 0.0696. The van der Waals surface area contributed by atoms with E-state index in [0.717, 1.165) is 0 Å². The van der Waals surface area contributed by atoms with Crippen molar-refractivity contribution in [3.8, 4) is 12.3 Å². The monoisotopic (exact) mass is 196 g/mol. The van der Waals surface area contributed by atoms with E-state index in [0.29, 0.717) is 5.56 Å². The maximum absolute atomic E-state index is 12.1. The first-order valence-corrected chi connectivity index (χ1v) is 4.02. The van der Waals surface area contributed by atoms with E-state index in [4.69, 9.17) is 11.5 Å². The molecule has 66 valence electrons. The predicted molar refractivity (Wildman–Crippen MR) is 48.3 cm³/mol. The summed E-state index contributed by atoms with van der Waals surface area (Å²) in [6, 6.07) is 3.97. The maximum atomic E-state index is 12.1. The van der Waals surface area contributed by atoms with Crippen molar-refractivity contribution >= 4 is 18.1 Å². The van der Waals surface area contributed by atoms with Crippen LogP contribution in [0.1, 0.15) is 15.9 Å². The average molecular weight is 196 g/mol. The highest BCUT2D eigenvalue weighted by atomic mass is 32.2. The molecular formula is C9H5FO2S. The Morgan fingerprint density at radius 1 is 1.54 bits per heavy atom. The lowest BCUT2D eigenvalue weighted by Gasteiger charge is -1.98. The second-order valence-corrected chi connectivity index (χ2v) is 2.90. The largest absolute Gasteiger partial charge is 0.478 e. The number of hydrogen-bond acceptors (Lipinski definition) is 2. The molecule has 0 heterocycles. The Morgan fingerprint density at radius 2 is 2.23 bits per heavy atom. The molecule has 1 aromatic carbocycles. The van der Waals surface area contributed by atoms with Crippen LogP contribution in [0.15, 0.2) is 23.1 Å². The molecule has 1 rings (SSSR count). The normalized spacial score (nSPS) is 9.23. The smallest absolute Gasteiger partial charge is 0.335 e. The van der Waals surface area contributed by atoms with Gasteiger partial charge in [-0.1, -0.05) is 5.92 Å². The highest BCUT2D eigenvalue weighted by Crippen LogP contribution is 2.21. The van der Waals surface area contributed by atoms with Gasteiger partial charge in [0.25, 0.3) is 0 Å². The third kappa shape index (κ3) is 2.23. The van der Waals surface area contributed by atoms with Crippen LogP contribution in [0.4, 0.5) is 3.89 Å². The van der Waals surface area contributed by atoms with E-state index >= 15 is 0 Å². The van der Waals surface area contributed by atoms with Gasteiger partial charge in [0.2, 0.25) is 0 Å². The molecule has 0 saturated carbocycles. The molecule has 0 fully saturated rings. The zero-order chi connectivity index (χ0) is 9.84. The van der Waals surface area contributed by atoms with Gasteiger partial charge >= 0.3 is 5.97 Å². The summed E-state index contributed by atoms with van der Waals surface area (Å²) >= 11 is -0.0290. The molecule has 0 atom stereocenters. The standard InChI is InChI=1S/C9H5FO2S/c1-2-6-3-7(9(11)12)5-8(4-6)13-10/h1,3-5H,(H,11,12). The van der Waals surface area contributed by atoms with Crippen LogP contribution >= 0.6 is 12.1 Å². The first-order chi connectivity index (χ1) is 6.17. The van der Waals surface area contributed by atoms with Crippen LogP contribution < -0.4 is 0 Å². The number of carbonyl (C=O) groups is 1. The summed E-state index contributed by atoms with van der Waals surface area (Å²) < 4.78 is 12.1. The summed E-state index contributed by atoms with van der Waals surface area (Å²) in [5.74, 6) is 1.14. The van der Waals surface area contributed by atoms with Crippen molar-refractivity contribution in [1.29, 1.82) is 0 Å². The van der Waals surface area contributed by atoms with E-state index in [-0.39, 0.29) is 22.6 Å². The molecular weight excluding hydrogens is 191 g/mol. The zero-order valence-corrected chi connectivity index (χ0v) is 7.27. The second-order valence-electron chi connectivity index (χ2n) is 2.27. The summed E-state index contributed by atoms with van der Waals surface area (Å²) in [4.78, 5) is 10.7. The van der Waals surface area contributed by atoms with E-state index in [2.05, 4.69) is 5.92 Å². The lowest BCUT2D eigenvalue weighted by Crippen LogP contribution is -1.96. The molecule has 0 bridgehead atoms. The van der Waals surface area contributed by atoms with E-state index < -0.39 is 5.97 Å². The van der Waals surface area contributed by atoms with E-state index in [1.807, 2.05) is 0 Å². The summed E-state index contributed by atoms with van der Waals surface area (Å²) in [6.07, 6.45) is 5.07. The van der Waals surface area contributed by atoms with Gasteiger partial charge < -0.3 is 5.11 Å². The number of carboxylic acids is 1. The molecule has 1 N–H and O–H groups in total. The lowest BCUT2D eigenvalue weighted by atomic mass is 10.1. The number of benzene rings is 1. The Bertz CT molecular complexity index is 382. The molecule has 0 aliphatic rings. The van der Waals surface area contributed by atoms with Gasteiger partial charge in [0.1, 0.15) is 0 Å².